The van der Waals surface area contributed by atoms with Crippen molar-refractivity contribution in [3.8, 4) is 5.88 Å². The molecule has 0 saturated heterocycles. The largest absolute Gasteiger partial charge is 0.470 e. The van der Waals surface area contributed by atoms with E-state index >= 15 is 0 Å². The zero-order valence-corrected chi connectivity index (χ0v) is 10.0. The molecule has 0 atom stereocenters. The lowest BCUT2D eigenvalue weighted by Crippen LogP contribution is -2.02. The fraction of sp³-hybridized carbons (Fsp3) is 0.0909. The molecule has 5 heteroatoms. The molecular formula is C11H10BrN3O. The van der Waals surface area contributed by atoms with Gasteiger partial charge in [0.15, 0.2) is 5.82 Å². The van der Waals surface area contributed by atoms with Gasteiger partial charge in [-0.05, 0) is 6.07 Å². The molecular weight excluding hydrogens is 270 g/mol. The summed E-state index contributed by atoms with van der Waals surface area (Å²) in [6.07, 6.45) is 3.08. The third-order valence-electron chi connectivity index (χ3n) is 2.01. The van der Waals surface area contributed by atoms with Crippen molar-refractivity contribution in [3.05, 3.63) is 46.7 Å². The number of hydrogen-bond acceptors (Lipinski definition) is 4. The molecule has 2 aromatic rings. The lowest BCUT2D eigenvalue weighted by Gasteiger charge is -2.07. The molecule has 2 rings (SSSR count). The average Bonchev–Trinajstić information content (AvgIpc) is 2.30. The Kier molecular flexibility index (Phi) is 3.36. The first-order chi connectivity index (χ1) is 7.77. The van der Waals surface area contributed by atoms with E-state index in [9.17, 15) is 0 Å². The summed E-state index contributed by atoms with van der Waals surface area (Å²) in [7, 11) is 0. The van der Waals surface area contributed by atoms with Crippen molar-refractivity contribution in [1.82, 2.24) is 9.97 Å². The van der Waals surface area contributed by atoms with Crippen molar-refractivity contribution < 1.29 is 4.74 Å². The summed E-state index contributed by atoms with van der Waals surface area (Å²) >= 11 is 3.44. The van der Waals surface area contributed by atoms with Gasteiger partial charge in [0.1, 0.15) is 6.61 Å². The second-order valence-corrected chi connectivity index (χ2v) is 3.98. The molecule has 1 aromatic heterocycles. The van der Waals surface area contributed by atoms with Gasteiger partial charge in [-0.1, -0.05) is 34.1 Å². The molecule has 16 heavy (non-hydrogen) atoms. The van der Waals surface area contributed by atoms with Crippen LogP contribution in [0.5, 0.6) is 5.88 Å². The maximum Gasteiger partial charge on any atom is 0.257 e. The number of halogens is 1. The van der Waals surface area contributed by atoms with E-state index in [1.807, 2.05) is 24.3 Å². The summed E-state index contributed by atoms with van der Waals surface area (Å²) in [5.41, 5.74) is 6.65. The monoisotopic (exact) mass is 279 g/mol. The minimum Gasteiger partial charge on any atom is -0.470 e. The van der Waals surface area contributed by atoms with Gasteiger partial charge in [0.2, 0.25) is 0 Å². The van der Waals surface area contributed by atoms with E-state index < -0.39 is 0 Å². The smallest absolute Gasteiger partial charge is 0.257 e. The third-order valence-corrected chi connectivity index (χ3v) is 2.79. The summed E-state index contributed by atoms with van der Waals surface area (Å²) in [6, 6.07) is 7.82. The fourth-order valence-electron chi connectivity index (χ4n) is 1.21. The number of nitrogens with two attached hydrogens (primary N) is 1. The number of nitrogen functional groups attached to an aromatic ring is 1. The number of ether oxygens (including phenoxy) is 1. The van der Waals surface area contributed by atoms with Gasteiger partial charge in [-0.2, -0.15) is 0 Å². The Balaban J connectivity index is 2.09. The van der Waals surface area contributed by atoms with Crippen LogP contribution in [0.25, 0.3) is 0 Å². The number of nitrogens with zero attached hydrogens (tertiary/aromatic N) is 2. The van der Waals surface area contributed by atoms with E-state index in [1.54, 1.807) is 6.20 Å². The minimum absolute atomic E-state index is 0.301. The van der Waals surface area contributed by atoms with Gasteiger partial charge in [-0.3, -0.25) is 0 Å². The molecule has 0 aliphatic rings. The van der Waals surface area contributed by atoms with Crippen LogP contribution in [0.2, 0.25) is 0 Å². The van der Waals surface area contributed by atoms with Crippen LogP contribution in [-0.2, 0) is 6.61 Å². The summed E-state index contributed by atoms with van der Waals surface area (Å²) in [4.78, 5) is 7.89. The maximum absolute atomic E-state index is 5.61. The standard InChI is InChI=1S/C11H10BrN3O/c12-9-4-2-1-3-8(9)7-16-11-10(13)14-5-6-15-11/h1-6H,7H2,(H2,13,14). The SMILES string of the molecule is Nc1nccnc1OCc1ccccc1Br. The molecule has 0 aliphatic heterocycles. The van der Waals surface area contributed by atoms with Crippen LogP contribution in [-0.4, -0.2) is 9.97 Å². The molecule has 0 radical (unpaired) electrons. The van der Waals surface area contributed by atoms with Crippen molar-refractivity contribution >= 4 is 21.7 Å². The lowest BCUT2D eigenvalue weighted by molar-refractivity contribution is 0.294. The molecule has 0 fully saturated rings. The second-order valence-electron chi connectivity index (χ2n) is 3.13. The number of rotatable bonds is 3. The van der Waals surface area contributed by atoms with Gasteiger partial charge in [-0.25, -0.2) is 9.97 Å². The van der Waals surface area contributed by atoms with Gasteiger partial charge in [0, 0.05) is 22.4 Å². The summed E-state index contributed by atoms with van der Waals surface area (Å²) < 4.78 is 6.47. The predicted octanol–water partition coefficient (Wildman–Crippen LogP) is 2.40. The number of anilines is 1. The molecule has 0 unspecified atom stereocenters. The first-order valence-corrected chi connectivity index (χ1v) is 5.49. The Morgan fingerprint density at radius 1 is 1.19 bits per heavy atom. The van der Waals surface area contributed by atoms with E-state index in [0.717, 1.165) is 10.0 Å². The van der Waals surface area contributed by atoms with Gasteiger partial charge in [0.25, 0.3) is 5.88 Å². The molecule has 2 N–H and O–H groups in total. The second kappa shape index (κ2) is 4.94. The molecule has 0 aliphatic carbocycles. The third kappa shape index (κ3) is 2.49. The highest BCUT2D eigenvalue weighted by molar-refractivity contribution is 9.10. The first-order valence-electron chi connectivity index (χ1n) is 4.70. The van der Waals surface area contributed by atoms with Crippen molar-refractivity contribution in [1.29, 1.82) is 0 Å². The Morgan fingerprint density at radius 2 is 1.94 bits per heavy atom. The van der Waals surface area contributed by atoms with Crippen LogP contribution in [0.15, 0.2) is 41.1 Å². The minimum atomic E-state index is 0.301. The zero-order chi connectivity index (χ0) is 11.4. The van der Waals surface area contributed by atoms with E-state index in [-0.39, 0.29) is 0 Å². The highest BCUT2D eigenvalue weighted by atomic mass is 79.9. The molecule has 1 aromatic carbocycles. The molecule has 0 saturated carbocycles. The van der Waals surface area contributed by atoms with E-state index in [1.165, 1.54) is 6.20 Å². The molecule has 0 bridgehead atoms. The number of benzene rings is 1. The Labute approximate surface area is 102 Å². The van der Waals surface area contributed by atoms with Gasteiger partial charge in [0.05, 0.1) is 0 Å². The van der Waals surface area contributed by atoms with Crippen LogP contribution in [0.3, 0.4) is 0 Å². The maximum atomic E-state index is 5.61. The fourth-order valence-corrected chi connectivity index (χ4v) is 1.61. The van der Waals surface area contributed by atoms with Crippen molar-refractivity contribution in [2.24, 2.45) is 0 Å². The molecule has 1 heterocycles. The Morgan fingerprint density at radius 3 is 2.69 bits per heavy atom. The van der Waals surface area contributed by atoms with Gasteiger partial charge < -0.3 is 10.5 Å². The summed E-state index contributed by atoms with van der Waals surface area (Å²) in [5.74, 6) is 0.660. The number of hydrogen-bond donors (Lipinski definition) is 1. The van der Waals surface area contributed by atoms with E-state index in [4.69, 9.17) is 10.5 Å². The summed E-state index contributed by atoms with van der Waals surface area (Å²) in [5, 5.41) is 0. The lowest BCUT2D eigenvalue weighted by atomic mass is 10.2. The highest BCUT2D eigenvalue weighted by Gasteiger charge is 2.04. The number of aromatic nitrogens is 2. The van der Waals surface area contributed by atoms with Crippen LogP contribution in [0.4, 0.5) is 5.82 Å². The molecule has 0 amide bonds. The normalized spacial score (nSPS) is 10.1. The Bertz CT molecular complexity index is 445. The van der Waals surface area contributed by atoms with E-state index in [2.05, 4.69) is 25.9 Å². The quantitative estimate of drug-likeness (QED) is 0.937. The van der Waals surface area contributed by atoms with Crippen molar-refractivity contribution in [2.45, 2.75) is 6.61 Å². The van der Waals surface area contributed by atoms with Crippen LogP contribution < -0.4 is 10.5 Å². The Hall–Kier alpha value is -1.62. The average molecular weight is 280 g/mol. The van der Waals surface area contributed by atoms with Crippen molar-refractivity contribution in [2.75, 3.05) is 5.73 Å². The van der Waals surface area contributed by atoms with Crippen LogP contribution in [0, 0.1) is 0 Å². The van der Waals surface area contributed by atoms with Crippen molar-refractivity contribution in [3.63, 3.8) is 0 Å². The van der Waals surface area contributed by atoms with Gasteiger partial charge in [-0.15, -0.1) is 0 Å². The first kappa shape index (κ1) is 10.9. The van der Waals surface area contributed by atoms with Crippen LogP contribution in [0.1, 0.15) is 5.56 Å². The van der Waals surface area contributed by atoms with Gasteiger partial charge >= 0.3 is 0 Å². The molecule has 4 nitrogen and oxygen atoms in total. The highest BCUT2D eigenvalue weighted by Crippen LogP contribution is 2.19. The molecule has 82 valence electrons. The predicted molar refractivity (Wildman–Crippen MR) is 64.9 cm³/mol. The topological polar surface area (TPSA) is 61.0 Å². The van der Waals surface area contributed by atoms with Crippen LogP contribution >= 0.6 is 15.9 Å². The zero-order valence-electron chi connectivity index (χ0n) is 8.43. The summed E-state index contributed by atoms with van der Waals surface area (Å²) in [6.45, 7) is 0.407. The molecule has 0 spiro atoms. The van der Waals surface area contributed by atoms with E-state index in [0.29, 0.717) is 18.3 Å².